The third-order valence-corrected chi connectivity index (χ3v) is 2.76. The summed E-state index contributed by atoms with van der Waals surface area (Å²) in [6.07, 6.45) is 13.7. The summed E-state index contributed by atoms with van der Waals surface area (Å²) in [5.41, 5.74) is 0. The van der Waals surface area contributed by atoms with E-state index in [9.17, 15) is 9.18 Å². The lowest BCUT2D eigenvalue weighted by molar-refractivity contribution is -0.106. The maximum atomic E-state index is 12.4. The summed E-state index contributed by atoms with van der Waals surface area (Å²) < 4.78 is 12.4. The number of aldehydes is 1. The zero-order chi connectivity index (χ0) is 12.1. The van der Waals surface area contributed by atoms with Crippen LogP contribution in [0.5, 0.6) is 0 Å². The highest BCUT2D eigenvalue weighted by Crippen LogP contribution is 2.11. The van der Waals surface area contributed by atoms with E-state index in [1.54, 1.807) is 0 Å². The lowest BCUT2D eigenvalue weighted by Crippen LogP contribution is -1.81. The third kappa shape index (κ3) is 11.4. The van der Waals surface area contributed by atoms with Gasteiger partial charge in [-0.1, -0.05) is 58.3 Å². The van der Waals surface area contributed by atoms with Crippen molar-refractivity contribution in [2.24, 2.45) is 0 Å². The Bertz CT molecular complexity index is 187. The molecule has 0 N–H and O–H groups in total. The average Bonchev–Trinajstić information content (AvgIpc) is 2.31. The molecule has 0 aliphatic heterocycles. The van der Waals surface area contributed by atoms with Crippen molar-refractivity contribution in [1.29, 1.82) is 0 Å². The van der Waals surface area contributed by atoms with Crippen LogP contribution in [-0.2, 0) is 4.79 Å². The first-order valence-electron chi connectivity index (χ1n) is 6.62. The van der Waals surface area contributed by atoms with Crippen LogP contribution < -0.4 is 0 Å². The highest BCUT2D eigenvalue weighted by atomic mass is 19.1. The molecule has 0 unspecified atom stereocenters. The normalized spacial score (nSPS) is 11.8. The molecule has 2 heteroatoms. The Morgan fingerprint density at radius 2 is 1.44 bits per heavy atom. The van der Waals surface area contributed by atoms with Gasteiger partial charge >= 0.3 is 0 Å². The lowest BCUT2D eigenvalue weighted by Gasteiger charge is -2.00. The van der Waals surface area contributed by atoms with Gasteiger partial charge in [0, 0.05) is 0 Å². The van der Waals surface area contributed by atoms with Gasteiger partial charge in [-0.3, -0.25) is 4.79 Å². The van der Waals surface area contributed by atoms with Crippen LogP contribution in [-0.4, -0.2) is 6.29 Å². The number of halogens is 1. The van der Waals surface area contributed by atoms with Crippen molar-refractivity contribution in [2.45, 2.75) is 71.1 Å². The van der Waals surface area contributed by atoms with E-state index < -0.39 is 5.83 Å². The maximum absolute atomic E-state index is 12.4. The van der Waals surface area contributed by atoms with Crippen LogP contribution in [0.2, 0.25) is 0 Å². The summed E-state index contributed by atoms with van der Waals surface area (Å²) in [7, 11) is 0. The van der Waals surface area contributed by atoms with E-state index in [0.29, 0.717) is 6.42 Å². The Morgan fingerprint density at radius 3 is 1.94 bits per heavy atom. The molecule has 0 rings (SSSR count). The van der Waals surface area contributed by atoms with Crippen LogP contribution in [0.4, 0.5) is 4.39 Å². The van der Waals surface area contributed by atoms with Crippen LogP contribution in [0.15, 0.2) is 11.9 Å². The molecule has 0 amide bonds. The number of carbonyl (C=O) groups is 1. The zero-order valence-electron chi connectivity index (χ0n) is 10.5. The van der Waals surface area contributed by atoms with E-state index in [1.165, 1.54) is 51.0 Å². The number of unbranched alkanes of at least 4 members (excludes halogenated alkanes) is 9. The number of carbonyl (C=O) groups excluding carboxylic acids is 1. The Hall–Kier alpha value is -0.660. The van der Waals surface area contributed by atoms with Crippen molar-refractivity contribution >= 4 is 6.29 Å². The largest absolute Gasteiger partial charge is 0.295 e. The predicted molar refractivity (Wildman–Crippen MR) is 67.1 cm³/mol. The van der Waals surface area contributed by atoms with E-state index in [1.807, 2.05) is 0 Å². The van der Waals surface area contributed by atoms with Crippen molar-refractivity contribution in [3.8, 4) is 0 Å². The number of hydrogen-bond donors (Lipinski definition) is 0. The molecule has 0 aliphatic carbocycles. The van der Waals surface area contributed by atoms with Crippen molar-refractivity contribution in [1.82, 2.24) is 0 Å². The molecule has 0 atom stereocenters. The maximum Gasteiger partial charge on any atom is 0.178 e. The Morgan fingerprint density at radius 1 is 0.938 bits per heavy atom. The Labute approximate surface area is 99.1 Å². The van der Waals surface area contributed by atoms with Gasteiger partial charge in [0.05, 0.1) is 0 Å². The SMILES string of the molecule is CCCCCCCCCCC/C=C(\F)C=O. The summed E-state index contributed by atoms with van der Waals surface area (Å²) in [5, 5.41) is 0. The molecule has 0 aromatic rings. The summed E-state index contributed by atoms with van der Waals surface area (Å²) in [6.45, 7) is 2.23. The minimum atomic E-state index is -0.625. The van der Waals surface area contributed by atoms with E-state index >= 15 is 0 Å². The summed E-state index contributed by atoms with van der Waals surface area (Å²) >= 11 is 0. The van der Waals surface area contributed by atoms with Gasteiger partial charge in [0.25, 0.3) is 0 Å². The van der Waals surface area contributed by atoms with Crippen molar-refractivity contribution in [3.05, 3.63) is 11.9 Å². The van der Waals surface area contributed by atoms with Crippen LogP contribution in [0, 0.1) is 0 Å². The molecule has 0 bridgehead atoms. The first kappa shape index (κ1) is 15.3. The molecule has 0 fully saturated rings. The molecule has 0 aromatic carbocycles. The first-order valence-corrected chi connectivity index (χ1v) is 6.62. The predicted octanol–water partition coefficient (Wildman–Crippen LogP) is 4.96. The minimum Gasteiger partial charge on any atom is -0.295 e. The fourth-order valence-electron chi connectivity index (χ4n) is 1.74. The zero-order valence-corrected chi connectivity index (χ0v) is 10.5. The van der Waals surface area contributed by atoms with Gasteiger partial charge in [0.2, 0.25) is 0 Å². The fraction of sp³-hybridized carbons (Fsp3) is 0.786. The molecule has 0 spiro atoms. The number of hydrogen-bond acceptors (Lipinski definition) is 1. The molecule has 94 valence electrons. The molecular formula is C14H25FO. The molecule has 16 heavy (non-hydrogen) atoms. The van der Waals surface area contributed by atoms with Crippen LogP contribution in [0.1, 0.15) is 71.1 Å². The van der Waals surface area contributed by atoms with Gasteiger partial charge < -0.3 is 0 Å². The molecule has 0 aromatic heterocycles. The van der Waals surface area contributed by atoms with Gasteiger partial charge in [-0.2, -0.15) is 0 Å². The summed E-state index contributed by atoms with van der Waals surface area (Å²) in [6, 6.07) is 0. The Balaban J connectivity index is 3.07. The van der Waals surface area contributed by atoms with Crippen LogP contribution >= 0.6 is 0 Å². The molecule has 0 saturated carbocycles. The van der Waals surface area contributed by atoms with Gasteiger partial charge in [0.1, 0.15) is 0 Å². The summed E-state index contributed by atoms with van der Waals surface area (Å²) in [5.74, 6) is -0.625. The van der Waals surface area contributed by atoms with Crippen LogP contribution in [0.25, 0.3) is 0 Å². The second-order valence-corrected chi connectivity index (χ2v) is 4.32. The standard InChI is InChI=1S/C14H25FO/c1-2-3-4-5-6-7-8-9-10-11-12-14(15)13-16/h12-13H,2-11H2,1H3/b14-12-. The second-order valence-electron chi connectivity index (χ2n) is 4.32. The smallest absolute Gasteiger partial charge is 0.178 e. The monoisotopic (exact) mass is 228 g/mol. The van der Waals surface area contributed by atoms with Crippen molar-refractivity contribution in [3.63, 3.8) is 0 Å². The lowest BCUT2D eigenvalue weighted by atomic mass is 10.1. The summed E-state index contributed by atoms with van der Waals surface area (Å²) in [4.78, 5) is 9.95. The molecule has 1 nitrogen and oxygen atoms in total. The van der Waals surface area contributed by atoms with Crippen molar-refractivity contribution < 1.29 is 9.18 Å². The third-order valence-electron chi connectivity index (χ3n) is 2.76. The van der Waals surface area contributed by atoms with Gasteiger partial charge in [-0.15, -0.1) is 0 Å². The van der Waals surface area contributed by atoms with Crippen molar-refractivity contribution in [2.75, 3.05) is 0 Å². The number of allylic oxidation sites excluding steroid dienone is 2. The quantitative estimate of drug-likeness (QED) is 0.277. The van der Waals surface area contributed by atoms with Gasteiger partial charge in [-0.05, 0) is 18.9 Å². The van der Waals surface area contributed by atoms with E-state index in [2.05, 4.69) is 6.92 Å². The highest BCUT2D eigenvalue weighted by Gasteiger charge is 1.92. The molecular weight excluding hydrogens is 203 g/mol. The Kier molecular flexibility index (Phi) is 11.9. The second kappa shape index (κ2) is 12.4. The number of rotatable bonds is 11. The average molecular weight is 228 g/mol. The molecule has 0 heterocycles. The van der Waals surface area contributed by atoms with E-state index in [4.69, 9.17) is 0 Å². The minimum absolute atomic E-state index is 0.272. The first-order chi connectivity index (χ1) is 7.81. The highest BCUT2D eigenvalue weighted by molar-refractivity contribution is 5.69. The van der Waals surface area contributed by atoms with E-state index in [0.717, 1.165) is 12.8 Å². The molecule has 0 saturated heterocycles. The van der Waals surface area contributed by atoms with Gasteiger partial charge in [-0.25, -0.2) is 4.39 Å². The van der Waals surface area contributed by atoms with E-state index in [-0.39, 0.29) is 6.29 Å². The molecule has 0 aliphatic rings. The van der Waals surface area contributed by atoms with Crippen LogP contribution in [0.3, 0.4) is 0 Å². The fourth-order valence-corrected chi connectivity index (χ4v) is 1.74. The molecule has 0 radical (unpaired) electrons. The van der Waals surface area contributed by atoms with Gasteiger partial charge in [0.15, 0.2) is 12.1 Å². The topological polar surface area (TPSA) is 17.1 Å².